The van der Waals surface area contributed by atoms with Crippen molar-refractivity contribution in [2.75, 3.05) is 18.0 Å². The molecule has 116 valence electrons. The van der Waals surface area contributed by atoms with Gasteiger partial charge >= 0.3 is 6.18 Å². The number of rotatable bonds is 2. The minimum Gasteiger partial charge on any atom is -0.384 e. The van der Waals surface area contributed by atoms with E-state index in [2.05, 4.69) is 13.8 Å². The van der Waals surface area contributed by atoms with Crippen molar-refractivity contribution in [3.8, 4) is 0 Å². The maximum Gasteiger partial charge on any atom is 0.417 e. The third-order valence-corrected chi connectivity index (χ3v) is 3.86. The number of nitrogens with one attached hydrogen (secondary N) is 1. The van der Waals surface area contributed by atoms with Crippen molar-refractivity contribution in [3.05, 3.63) is 29.3 Å². The molecule has 0 bridgehead atoms. The van der Waals surface area contributed by atoms with Crippen LogP contribution in [0.15, 0.2) is 18.2 Å². The third-order valence-electron chi connectivity index (χ3n) is 3.86. The van der Waals surface area contributed by atoms with Gasteiger partial charge in [0.05, 0.1) is 5.56 Å². The van der Waals surface area contributed by atoms with Crippen molar-refractivity contribution < 1.29 is 13.2 Å². The summed E-state index contributed by atoms with van der Waals surface area (Å²) < 4.78 is 39.4. The Morgan fingerprint density at radius 1 is 1.33 bits per heavy atom. The molecule has 3 N–H and O–H groups in total. The largest absolute Gasteiger partial charge is 0.417 e. The molecule has 1 aliphatic rings. The second kappa shape index (κ2) is 5.24. The van der Waals surface area contributed by atoms with Crippen LogP contribution in [0.25, 0.3) is 0 Å². The summed E-state index contributed by atoms with van der Waals surface area (Å²) in [5.74, 6) is -0.562. The molecule has 0 amide bonds. The van der Waals surface area contributed by atoms with Crippen LogP contribution in [0.5, 0.6) is 0 Å². The van der Waals surface area contributed by atoms with E-state index in [0.29, 0.717) is 5.69 Å². The Labute approximate surface area is 122 Å². The van der Waals surface area contributed by atoms with Gasteiger partial charge in [-0.15, -0.1) is 0 Å². The normalized spacial score (nSPS) is 18.6. The fourth-order valence-electron chi connectivity index (χ4n) is 2.84. The number of hydrogen-bond acceptors (Lipinski definition) is 2. The lowest BCUT2D eigenvalue weighted by Gasteiger charge is -2.39. The minimum absolute atomic E-state index is 0.0931. The lowest BCUT2D eigenvalue weighted by molar-refractivity contribution is -0.137. The van der Waals surface area contributed by atoms with Gasteiger partial charge in [0.2, 0.25) is 0 Å². The zero-order chi connectivity index (χ0) is 15.8. The summed E-state index contributed by atoms with van der Waals surface area (Å²) in [5, 5.41) is 7.30. The standard InChI is InChI=1S/C15H20F3N3/c1-14(2)6-3-7-21(9-14)10-4-5-11(13(19)20)12(8-10)15(16,17)18/h4-5,8H,3,6-7,9H2,1-2H3,(H3,19,20). The Balaban J connectivity index is 2.40. The van der Waals surface area contributed by atoms with E-state index in [1.165, 1.54) is 6.07 Å². The Kier molecular flexibility index (Phi) is 3.91. The van der Waals surface area contributed by atoms with Gasteiger partial charge in [0, 0.05) is 24.3 Å². The predicted octanol–water partition coefficient (Wildman–Crippen LogP) is 3.62. The zero-order valence-electron chi connectivity index (χ0n) is 12.2. The number of nitrogens with two attached hydrogens (primary N) is 1. The highest BCUT2D eigenvalue weighted by atomic mass is 19.4. The summed E-state index contributed by atoms with van der Waals surface area (Å²) in [6.45, 7) is 5.71. The number of piperidine rings is 1. The Morgan fingerprint density at radius 2 is 2.00 bits per heavy atom. The number of halogens is 3. The molecule has 0 spiro atoms. The first-order chi connectivity index (χ1) is 9.60. The van der Waals surface area contributed by atoms with E-state index >= 15 is 0 Å². The summed E-state index contributed by atoms with van der Waals surface area (Å²) in [4.78, 5) is 1.97. The summed E-state index contributed by atoms with van der Waals surface area (Å²) >= 11 is 0. The summed E-state index contributed by atoms with van der Waals surface area (Å²) in [6.07, 6.45) is -2.48. The van der Waals surface area contributed by atoms with Gasteiger partial charge in [-0.05, 0) is 36.5 Å². The Bertz CT molecular complexity index is 550. The highest BCUT2D eigenvalue weighted by Crippen LogP contribution is 2.37. The molecule has 0 saturated carbocycles. The van der Waals surface area contributed by atoms with Crippen molar-refractivity contribution in [1.29, 1.82) is 5.41 Å². The van der Waals surface area contributed by atoms with Crippen LogP contribution in [0.4, 0.5) is 18.9 Å². The topological polar surface area (TPSA) is 53.1 Å². The third kappa shape index (κ3) is 3.49. The molecule has 0 aromatic heterocycles. The van der Waals surface area contributed by atoms with E-state index in [-0.39, 0.29) is 11.0 Å². The van der Waals surface area contributed by atoms with Gasteiger partial charge in [-0.1, -0.05) is 13.8 Å². The predicted molar refractivity (Wildman–Crippen MR) is 77.7 cm³/mol. The SMILES string of the molecule is CC1(C)CCCN(c2ccc(C(=N)N)c(C(F)(F)F)c2)C1. The van der Waals surface area contributed by atoms with E-state index in [1.54, 1.807) is 6.07 Å². The van der Waals surface area contributed by atoms with Crippen LogP contribution in [0.3, 0.4) is 0 Å². The summed E-state index contributed by atoms with van der Waals surface area (Å²) in [7, 11) is 0. The van der Waals surface area contributed by atoms with Gasteiger partial charge in [0.1, 0.15) is 5.84 Å². The van der Waals surface area contributed by atoms with E-state index in [9.17, 15) is 13.2 Å². The first-order valence-corrected chi connectivity index (χ1v) is 6.91. The highest BCUT2D eigenvalue weighted by molar-refractivity contribution is 5.97. The molecular formula is C15H20F3N3. The van der Waals surface area contributed by atoms with Gasteiger partial charge < -0.3 is 10.6 Å². The summed E-state index contributed by atoms with van der Waals surface area (Å²) in [6, 6.07) is 4.02. The van der Waals surface area contributed by atoms with Crippen LogP contribution in [0.1, 0.15) is 37.8 Å². The van der Waals surface area contributed by atoms with E-state index in [4.69, 9.17) is 11.1 Å². The molecule has 1 heterocycles. The van der Waals surface area contributed by atoms with Crippen LogP contribution >= 0.6 is 0 Å². The number of benzene rings is 1. The van der Waals surface area contributed by atoms with Crippen LogP contribution in [-0.2, 0) is 6.18 Å². The average Bonchev–Trinajstić information content (AvgIpc) is 2.35. The molecule has 0 aliphatic carbocycles. The fraction of sp³-hybridized carbons (Fsp3) is 0.533. The number of alkyl halides is 3. The van der Waals surface area contributed by atoms with E-state index in [1.807, 2.05) is 4.90 Å². The molecule has 21 heavy (non-hydrogen) atoms. The Morgan fingerprint density at radius 3 is 2.52 bits per heavy atom. The number of hydrogen-bond donors (Lipinski definition) is 2. The van der Waals surface area contributed by atoms with Gasteiger partial charge in [0.15, 0.2) is 0 Å². The highest BCUT2D eigenvalue weighted by Gasteiger charge is 2.35. The lowest BCUT2D eigenvalue weighted by atomic mass is 9.84. The first-order valence-electron chi connectivity index (χ1n) is 6.91. The molecule has 1 aromatic carbocycles. The molecule has 1 aromatic rings. The molecule has 1 fully saturated rings. The van der Waals surface area contributed by atoms with Crippen molar-refractivity contribution in [2.24, 2.45) is 11.1 Å². The molecular weight excluding hydrogens is 279 g/mol. The van der Waals surface area contributed by atoms with Crippen LogP contribution < -0.4 is 10.6 Å². The second-order valence-corrected chi connectivity index (χ2v) is 6.33. The smallest absolute Gasteiger partial charge is 0.384 e. The lowest BCUT2D eigenvalue weighted by Crippen LogP contribution is -2.40. The maximum absolute atomic E-state index is 13.1. The van der Waals surface area contributed by atoms with Crippen LogP contribution in [0.2, 0.25) is 0 Å². The molecule has 6 heteroatoms. The van der Waals surface area contributed by atoms with Gasteiger partial charge in [-0.2, -0.15) is 13.2 Å². The molecule has 0 atom stereocenters. The maximum atomic E-state index is 13.1. The second-order valence-electron chi connectivity index (χ2n) is 6.33. The molecule has 0 unspecified atom stereocenters. The number of anilines is 1. The number of amidine groups is 1. The van der Waals surface area contributed by atoms with E-state index in [0.717, 1.165) is 32.0 Å². The monoisotopic (exact) mass is 299 g/mol. The average molecular weight is 299 g/mol. The van der Waals surface area contributed by atoms with Crippen LogP contribution in [-0.4, -0.2) is 18.9 Å². The number of nitrogens with zero attached hydrogens (tertiary/aromatic N) is 1. The number of nitrogen functional groups attached to an aromatic ring is 1. The van der Waals surface area contributed by atoms with Gasteiger partial charge in [-0.3, -0.25) is 5.41 Å². The summed E-state index contributed by atoms with van der Waals surface area (Å²) in [5.41, 5.74) is 4.79. The fourth-order valence-corrected chi connectivity index (χ4v) is 2.84. The minimum atomic E-state index is -4.51. The van der Waals surface area contributed by atoms with Gasteiger partial charge in [-0.25, -0.2) is 0 Å². The quantitative estimate of drug-likeness (QED) is 0.647. The van der Waals surface area contributed by atoms with Gasteiger partial charge in [0.25, 0.3) is 0 Å². The zero-order valence-corrected chi connectivity index (χ0v) is 12.2. The molecule has 1 aliphatic heterocycles. The molecule has 3 nitrogen and oxygen atoms in total. The molecule has 0 radical (unpaired) electrons. The van der Waals surface area contributed by atoms with Crippen molar-refractivity contribution in [3.63, 3.8) is 0 Å². The van der Waals surface area contributed by atoms with Crippen molar-refractivity contribution in [1.82, 2.24) is 0 Å². The van der Waals surface area contributed by atoms with Crippen LogP contribution in [0, 0.1) is 10.8 Å². The van der Waals surface area contributed by atoms with Crippen molar-refractivity contribution >= 4 is 11.5 Å². The molecule has 2 rings (SSSR count). The molecule has 1 saturated heterocycles. The van der Waals surface area contributed by atoms with E-state index < -0.39 is 17.6 Å². The Hall–Kier alpha value is -1.72. The van der Waals surface area contributed by atoms with Crippen molar-refractivity contribution in [2.45, 2.75) is 32.9 Å². The first kappa shape index (κ1) is 15.7.